The van der Waals surface area contributed by atoms with Gasteiger partial charge >= 0.3 is 12.1 Å². The van der Waals surface area contributed by atoms with Gasteiger partial charge in [-0.2, -0.15) is 0 Å². The van der Waals surface area contributed by atoms with Crippen molar-refractivity contribution in [3.05, 3.63) is 12.2 Å². The molecule has 0 aromatic carbocycles. The standard InChI is InChI=1S/C48H81NO12/c1-14-33(42(52)53)35-18-17-27(4)40(58-35)31(8)38(50)30(7)39(51)34(15-2)41-28(5)25-29(6)47(59-41)22-19-36(49-43(54)56-26-44(10,11)12)48(61-47)24-23-45(13,60-48)37-20-21-46(55,16-3)32(9)57-37/h19,22,27-38,40-41,50,55H,14-18,20-21,23-26H2,1-13H3,(H,49,54)(H,52,53)/t27-,28-,29+,30-,31-,32-,33+,34?,35+,36+,37+,38+,40+,41-,45-,46+,47-,48-/m0/s1. The van der Waals surface area contributed by atoms with Gasteiger partial charge in [-0.3, -0.25) is 9.59 Å². The molecule has 1 amide bonds. The fourth-order valence-electron chi connectivity index (χ4n) is 11.1. The topological polar surface area (TPSA) is 179 Å². The Hall–Kier alpha value is -2.13. The number of aliphatic hydroxyl groups excluding tert-OH is 1. The first kappa shape index (κ1) is 49.9. The van der Waals surface area contributed by atoms with E-state index in [9.17, 15) is 29.7 Å². The van der Waals surface area contributed by atoms with Gasteiger partial charge in [0.25, 0.3) is 0 Å². The molecule has 0 saturated carbocycles. The summed E-state index contributed by atoms with van der Waals surface area (Å²) in [4.78, 5) is 40.0. The summed E-state index contributed by atoms with van der Waals surface area (Å²) < 4.78 is 40.1. The number of carbonyl (C=O) groups is 3. The lowest BCUT2D eigenvalue weighted by Crippen LogP contribution is -2.65. The molecule has 350 valence electrons. The van der Waals surface area contributed by atoms with Crippen LogP contribution in [0.4, 0.5) is 4.79 Å². The molecule has 5 rings (SSSR count). The van der Waals surface area contributed by atoms with Gasteiger partial charge in [-0.05, 0) is 95.0 Å². The lowest BCUT2D eigenvalue weighted by atomic mass is 9.72. The summed E-state index contributed by atoms with van der Waals surface area (Å²) in [6.07, 6.45) is 5.78. The smallest absolute Gasteiger partial charge is 0.407 e. The Morgan fingerprint density at radius 2 is 1.57 bits per heavy atom. The third kappa shape index (κ3) is 10.4. The van der Waals surface area contributed by atoms with Gasteiger partial charge in [0.2, 0.25) is 0 Å². The zero-order valence-corrected chi connectivity index (χ0v) is 39.5. The first-order valence-electron chi connectivity index (χ1n) is 23.6. The van der Waals surface area contributed by atoms with E-state index in [0.29, 0.717) is 57.8 Å². The Morgan fingerprint density at radius 3 is 2.16 bits per heavy atom. The summed E-state index contributed by atoms with van der Waals surface area (Å²) in [5.74, 6) is -6.09. The highest BCUT2D eigenvalue weighted by atomic mass is 16.8. The molecule has 5 aliphatic rings. The van der Waals surface area contributed by atoms with Crippen LogP contribution in [0.2, 0.25) is 0 Å². The second-order valence-corrected chi connectivity index (χ2v) is 21.2. The Morgan fingerprint density at radius 1 is 0.902 bits per heavy atom. The van der Waals surface area contributed by atoms with Crippen LogP contribution in [0.1, 0.15) is 154 Å². The maximum absolute atomic E-state index is 14.7. The first-order chi connectivity index (χ1) is 28.4. The SMILES string of the molecule is CCC(C(=O)[C@@H](C)[C@@H](O)[C@H](C)[C@@H]1O[C@@H]([C@@H](CC)C(=O)O)CC[C@@H]1C)[C@H]1O[C@]2(C=C[C@@H](NC(=O)OCC(C)(C)C)[C@]3(CC[C@@](C)([C@H]4CC[C@](O)(CC)[C@H](C)O4)O3)O2)[C@H](C)C[C@@H]1C. The Bertz CT molecular complexity index is 1570. The summed E-state index contributed by atoms with van der Waals surface area (Å²) in [7, 11) is 0. The Balaban J connectivity index is 1.39. The Labute approximate surface area is 365 Å². The number of carboxylic acids is 1. The van der Waals surface area contributed by atoms with Crippen molar-refractivity contribution in [3.63, 3.8) is 0 Å². The van der Waals surface area contributed by atoms with E-state index in [1.54, 1.807) is 6.92 Å². The van der Waals surface area contributed by atoms with Crippen molar-refractivity contribution in [3.8, 4) is 0 Å². The van der Waals surface area contributed by atoms with Crippen LogP contribution < -0.4 is 5.32 Å². The molecule has 4 N–H and O–H groups in total. The van der Waals surface area contributed by atoms with Crippen LogP contribution in [0.15, 0.2) is 12.2 Å². The average Bonchev–Trinajstić information content (AvgIpc) is 3.54. The fraction of sp³-hybridized carbons (Fsp3) is 0.896. The molecule has 4 fully saturated rings. The van der Waals surface area contributed by atoms with Crippen molar-refractivity contribution in [2.24, 2.45) is 46.8 Å². The molecule has 13 nitrogen and oxygen atoms in total. The van der Waals surface area contributed by atoms with Crippen molar-refractivity contribution in [2.75, 3.05) is 6.61 Å². The largest absolute Gasteiger partial charge is 0.481 e. The predicted molar refractivity (Wildman–Crippen MR) is 230 cm³/mol. The normalized spacial score (nSPS) is 41.8. The van der Waals surface area contributed by atoms with Crippen LogP contribution in [0.3, 0.4) is 0 Å². The molecule has 18 atom stereocenters. The van der Waals surface area contributed by atoms with Crippen LogP contribution in [-0.2, 0) is 38.0 Å². The van der Waals surface area contributed by atoms with Gasteiger partial charge in [0, 0.05) is 30.1 Å². The molecule has 0 bridgehead atoms. The molecule has 0 aromatic heterocycles. The molecule has 2 spiro atoms. The van der Waals surface area contributed by atoms with Gasteiger partial charge in [0.05, 0.1) is 60.4 Å². The monoisotopic (exact) mass is 864 g/mol. The van der Waals surface area contributed by atoms with Crippen molar-refractivity contribution in [1.82, 2.24) is 5.32 Å². The number of aliphatic hydroxyl groups is 2. The third-order valence-corrected chi connectivity index (χ3v) is 15.4. The molecule has 5 aliphatic heterocycles. The van der Waals surface area contributed by atoms with Crippen LogP contribution in [0.5, 0.6) is 0 Å². The number of ketones is 1. The first-order valence-corrected chi connectivity index (χ1v) is 23.6. The van der Waals surface area contributed by atoms with Crippen molar-refractivity contribution in [2.45, 2.75) is 220 Å². The predicted octanol–water partition coefficient (Wildman–Crippen LogP) is 7.97. The van der Waals surface area contributed by atoms with Crippen LogP contribution in [-0.4, -0.2) is 105 Å². The van der Waals surface area contributed by atoms with E-state index in [1.807, 2.05) is 74.5 Å². The molecule has 1 unspecified atom stereocenters. The highest BCUT2D eigenvalue weighted by molar-refractivity contribution is 5.84. The van der Waals surface area contributed by atoms with Crippen molar-refractivity contribution in [1.29, 1.82) is 0 Å². The zero-order chi connectivity index (χ0) is 45.5. The molecule has 0 radical (unpaired) electrons. The minimum Gasteiger partial charge on any atom is -0.481 e. The average molecular weight is 864 g/mol. The van der Waals surface area contributed by atoms with Crippen LogP contribution in [0, 0.1) is 46.8 Å². The summed E-state index contributed by atoms with van der Waals surface area (Å²) in [5, 5.41) is 36.0. The minimum atomic E-state index is -1.37. The van der Waals surface area contributed by atoms with Crippen molar-refractivity contribution >= 4 is 17.8 Å². The van der Waals surface area contributed by atoms with E-state index in [4.69, 9.17) is 28.4 Å². The third-order valence-electron chi connectivity index (χ3n) is 15.4. The van der Waals surface area contributed by atoms with Crippen molar-refractivity contribution < 1.29 is 58.1 Å². The van der Waals surface area contributed by atoms with Gasteiger partial charge in [-0.15, -0.1) is 0 Å². The number of Topliss-reactive ketones (excluding diaryl/α,β-unsaturated/α-hetero) is 1. The van der Waals surface area contributed by atoms with E-state index in [1.165, 1.54) is 0 Å². The number of aliphatic carboxylic acids is 1. The number of alkyl carbamates (subject to hydrolysis) is 1. The second kappa shape index (κ2) is 19.1. The summed E-state index contributed by atoms with van der Waals surface area (Å²) in [6, 6.07) is -0.734. The lowest BCUT2D eigenvalue weighted by molar-refractivity contribution is -0.398. The molecule has 13 heteroatoms. The highest BCUT2D eigenvalue weighted by Crippen LogP contribution is 2.54. The van der Waals surface area contributed by atoms with E-state index in [2.05, 4.69) is 26.1 Å². The molecule has 0 aliphatic carbocycles. The molecule has 61 heavy (non-hydrogen) atoms. The summed E-state index contributed by atoms with van der Waals surface area (Å²) >= 11 is 0. The molecular formula is C48H81NO12. The van der Waals surface area contributed by atoms with Crippen LogP contribution >= 0.6 is 0 Å². The summed E-state index contributed by atoms with van der Waals surface area (Å²) in [6.45, 7) is 25.8. The molecule has 5 heterocycles. The van der Waals surface area contributed by atoms with E-state index >= 15 is 0 Å². The number of carboxylic acid groups (broad SMARTS) is 1. The number of hydrogen-bond donors (Lipinski definition) is 4. The lowest BCUT2D eigenvalue weighted by Gasteiger charge is -2.55. The van der Waals surface area contributed by atoms with Crippen LogP contribution in [0.25, 0.3) is 0 Å². The quantitative estimate of drug-likeness (QED) is 0.124. The van der Waals surface area contributed by atoms with Gasteiger partial charge in [0.1, 0.15) is 11.8 Å². The molecular weight excluding hydrogens is 783 g/mol. The fourth-order valence-corrected chi connectivity index (χ4v) is 11.1. The highest BCUT2D eigenvalue weighted by Gasteiger charge is 2.63. The maximum atomic E-state index is 14.7. The number of hydrogen-bond acceptors (Lipinski definition) is 11. The number of nitrogens with one attached hydrogen (secondary N) is 1. The van der Waals surface area contributed by atoms with Gasteiger partial charge in [-0.1, -0.05) is 82.2 Å². The summed E-state index contributed by atoms with van der Waals surface area (Å²) in [5.41, 5.74) is -1.97. The number of amides is 1. The second-order valence-electron chi connectivity index (χ2n) is 21.2. The van der Waals surface area contributed by atoms with Gasteiger partial charge in [0.15, 0.2) is 11.6 Å². The minimum absolute atomic E-state index is 0.0267. The number of ether oxygens (including phenoxy) is 6. The van der Waals surface area contributed by atoms with E-state index in [-0.39, 0.29) is 41.7 Å². The number of carbonyl (C=O) groups excluding carboxylic acids is 2. The number of rotatable bonds is 14. The van der Waals surface area contributed by atoms with Gasteiger partial charge in [-0.25, -0.2) is 4.79 Å². The van der Waals surface area contributed by atoms with E-state index < -0.39 is 95.1 Å². The Kier molecular flexibility index (Phi) is 15.7. The molecule has 0 aromatic rings. The zero-order valence-electron chi connectivity index (χ0n) is 39.5. The van der Waals surface area contributed by atoms with E-state index in [0.717, 1.165) is 6.42 Å². The van der Waals surface area contributed by atoms with Gasteiger partial charge < -0.3 is 49.1 Å². The maximum Gasteiger partial charge on any atom is 0.407 e. The molecule has 4 saturated heterocycles.